The average Bonchev–Trinajstić information content (AvgIpc) is 2.40. The highest BCUT2D eigenvalue weighted by Gasteiger charge is 2.15. The minimum atomic E-state index is 0.0799. The lowest BCUT2D eigenvalue weighted by Gasteiger charge is -2.20. The number of para-hydroxylation sites is 1. The molecule has 0 amide bonds. The normalized spacial score (nSPS) is 11.4. The Morgan fingerprint density at radius 2 is 1.80 bits per heavy atom. The largest absolute Gasteiger partial charge is 0.455 e. The van der Waals surface area contributed by atoms with Crippen molar-refractivity contribution in [2.45, 2.75) is 32.7 Å². The Bertz CT molecular complexity index is 602. The van der Waals surface area contributed by atoms with Crippen molar-refractivity contribution in [1.82, 2.24) is 0 Å². The van der Waals surface area contributed by atoms with Gasteiger partial charge in [0, 0.05) is 12.1 Å². The van der Waals surface area contributed by atoms with Gasteiger partial charge in [0.2, 0.25) is 0 Å². The van der Waals surface area contributed by atoms with Crippen LogP contribution < -0.4 is 10.5 Å². The van der Waals surface area contributed by atoms with Gasteiger partial charge in [0.1, 0.15) is 11.5 Å². The smallest absolute Gasteiger partial charge is 0.150 e. The SMILES string of the molecule is CC(C)(C)c1cccc(Oc2c(Cl)cccc2CN)c1. The number of hydrogen-bond acceptors (Lipinski definition) is 2. The molecule has 2 aromatic rings. The zero-order valence-corrected chi connectivity index (χ0v) is 12.9. The quantitative estimate of drug-likeness (QED) is 0.873. The van der Waals surface area contributed by atoms with Crippen LogP contribution in [0.3, 0.4) is 0 Å². The molecular weight excluding hydrogens is 270 g/mol. The molecule has 0 spiro atoms. The predicted octanol–water partition coefficient (Wildman–Crippen LogP) is 4.89. The lowest BCUT2D eigenvalue weighted by atomic mass is 9.87. The zero-order valence-electron chi connectivity index (χ0n) is 12.1. The van der Waals surface area contributed by atoms with Crippen LogP contribution in [0.4, 0.5) is 0 Å². The fraction of sp³-hybridized carbons (Fsp3) is 0.294. The van der Waals surface area contributed by atoms with Gasteiger partial charge in [0.15, 0.2) is 0 Å². The fourth-order valence-corrected chi connectivity index (χ4v) is 2.21. The third-order valence-electron chi connectivity index (χ3n) is 3.19. The van der Waals surface area contributed by atoms with Crippen molar-refractivity contribution in [1.29, 1.82) is 0 Å². The molecule has 0 aliphatic rings. The van der Waals surface area contributed by atoms with Crippen LogP contribution in [0.25, 0.3) is 0 Å². The maximum Gasteiger partial charge on any atom is 0.150 e. The molecule has 0 radical (unpaired) electrons. The first-order valence-electron chi connectivity index (χ1n) is 6.67. The molecule has 0 aromatic heterocycles. The lowest BCUT2D eigenvalue weighted by molar-refractivity contribution is 0.473. The standard InChI is InChI=1S/C17H20ClNO/c1-17(2,3)13-7-5-8-14(10-13)20-16-12(11-19)6-4-9-15(16)18/h4-10H,11,19H2,1-3H3. The lowest BCUT2D eigenvalue weighted by Crippen LogP contribution is -2.10. The third-order valence-corrected chi connectivity index (χ3v) is 3.49. The molecule has 3 heteroatoms. The van der Waals surface area contributed by atoms with Crippen molar-refractivity contribution in [3.8, 4) is 11.5 Å². The van der Waals surface area contributed by atoms with Crippen molar-refractivity contribution >= 4 is 11.6 Å². The predicted molar refractivity (Wildman–Crippen MR) is 84.6 cm³/mol. The molecule has 2 N–H and O–H groups in total. The van der Waals surface area contributed by atoms with Crippen molar-refractivity contribution in [2.75, 3.05) is 0 Å². The van der Waals surface area contributed by atoms with Gasteiger partial charge < -0.3 is 10.5 Å². The molecule has 0 heterocycles. The maximum atomic E-state index is 6.21. The summed E-state index contributed by atoms with van der Waals surface area (Å²) in [6.07, 6.45) is 0. The summed E-state index contributed by atoms with van der Waals surface area (Å²) in [7, 11) is 0. The van der Waals surface area contributed by atoms with Crippen LogP contribution in [0, 0.1) is 0 Å². The maximum absolute atomic E-state index is 6.21. The molecule has 0 saturated carbocycles. The van der Waals surface area contributed by atoms with Gasteiger partial charge >= 0.3 is 0 Å². The van der Waals surface area contributed by atoms with Crippen molar-refractivity contribution in [3.05, 3.63) is 58.6 Å². The van der Waals surface area contributed by atoms with Crippen LogP contribution in [0.1, 0.15) is 31.9 Å². The Morgan fingerprint density at radius 1 is 1.10 bits per heavy atom. The van der Waals surface area contributed by atoms with Gasteiger partial charge in [-0.25, -0.2) is 0 Å². The summed E-state index contributed by atoms with van der Waals surface area (Å²) in [5.41, 5.74) is 7.93. The molecule has 0 unspecified atom stereocenters. The van der Waals surface area contributed by atoms with Crippen LogP contribution in [0.2, 0.25) is 5.02 Å². The van der Waals surface area contributed by atoms with E-state index < -0.39 is 0 Å². The molecule has 2 aromatic carbocycles. The summed E-state index contributed by atoms with van der Waals surface area (Å²) in [6.45, 7) is 6.92. The van der Waals surface area contributed by atoms with Gasteiger partial charge in [0.05, 0.1) is 5.02 Å². The van der Waals surface area contributed by atoms with E-state index in [0.29, 0.717) is 17.3 Å². The second-order valence-electron chi connectivity index (χ2n) is 5.81. The number of rotatable bonds is 3. The first-order valence-corrected chi connectivity index (χ1v) is 7.05. The summed E-state index contributed by atoms with van der Waals surface area (Å²) in [6, 6.07) is 13.7. The fourth-order valence-electron chi connectivity index (χ4n) is 1.97. The van der Waals surface area contributed by atoms with E-state index in [2.05, 4.69) is 26.8 Å². The van der Waals surface area contributed by atoms with E-state index in [0.717, 1.165) is 11.3 Å². The van der Waals surface area contributed by atoms with E-state index >= 15 is 0 Å². The molecular formula is C17H20ClNO. The first kappa shape index (κ1) is 14.9. The monoisotopic (exact) mass is 289 g/mol. The highest BCUT2D eigenvalue weighted by Crippen LogP contribution is 2.34. The van der Waals surface area contributed by atoms with Crippen LogP contribution in [-0.2, 0) is 12.0 Å². The zero-order chi connectivity index (χ0) is 14.8. The number of ether oxygens (including phenoxy) is 1. The van der Waals surface area contributed by atoms with Crippen molar-refractivity contribution < 1.29 is 4.74 Å². The Morgan fingerprint density at radius 3 is 2.45 bits per heavy atom. The van der Waals surface area contributed by atoms with E-state index in [4.69, 9.17) is 22.1 Å². The summed E-state index contributed by atoms with van der Waals surface area (Å²) in [4.78, 5) is 0. The van der Waals surface area contributed by atoms with E-state index in [1.165, 1.54) is 5.56 Å². The van der Waals surface area contributed by atoms with Crippen molar-refractivity contribution in [3.63, 3.8) is 0 Å². The van der Waals surface area contributed by atoms with Crippen LogP contribution in [0.15, 0.2) is 42.5 Å². The van der Waals surface area contributed by atoms with Crippen molar-refractivity contribution in [2.24, 2.45) is 5.73 Å². The second kappa shape index (κ2) is 5.86. The van der Waals surface area contributed by atoms with Gasteiger partial charge in [-0.3, -0.25) is 0 Å². The molecule has 106 valence electrons. The number of nitrogens with two attached hydrogens (primary N) is 1. The van der Waals surface area contributed by atoms with E-state index in [-0.39, 0.29) is 5.41 Å². The molecule has 0 saturated heterocycles. The number of halogens is 1. The minimum absolute atomic E-state index is 0.0799. The van der Waals surface area contributed by atoms with Gasteiger partial charge in [0.25, 0.3) is 0 Å². The van der Waals surface area contributed by atoms with Crippen LogP contribution >= 0.6 is 11.6 Å². The van der Waals surface area contributed by atoms with E-state index in [1.807, 2.05) is 36.4 Å². The highest BCUT2D eigenvalue weighted by molar-refractivity contribution is 6.32. The van der Waals surface area contributed by atoms with E-state index in [1.54, 1.807) is 0 Å². The summed E-state index contributed by atoms with van der Waals surface area (Å²) in [5, 5.41) is 0.578. The second-order valence-corrected chi connectivity index (χ2v) is 6.22. The molecule has 0 fully saturated rings. The first-order chi connectivity index (χ1) is 9.41. The number of hydrogen-bond donors (Lipinski definition) is 1. The van der Waals surface area contributed by atoms with Crippen LogP contribution in [0.5, 0.6) is 11.5 Å². The Kier molecular flexibility index (Phi) is 4.36. The van der Waals surface area contributed by atoms with Gasteiger partial charge in [-0.2, -0.15) is 0 Å². The summed E-state index contributed by atoms with van der Waals surface area (Å²) in [5.74, 6) is 1.42. The Hall–Kier alpha value is -1.51. The Labute approximate surface area is 125 Å². The molecule has 0 aliphatic heterocycles. The topological polar surface area (TPSA) is 35.2 Å². The average molecular weight is 290 g/mol. The highest BCUT2D eigenvalue weighted by atomic mass is 35.5. The number of benzene rings is 2. The minimum Gasteiger partial charge on any atom is -0.455 e. The summed E-state index contributed by atoms with van der Waals surface area (Å²) >= 11 is 6.21. The van der Waals surface area contributed by atoms with Crippen LogP contribution in [-0.4, -0.2) is 0 Å². The van der Waals surface area contributed by atoms with Gasteiger partial charge in [-0.05, 0) is 29.2 Å². The molecule has 20 heavy (non-hydrogen) atoms. The molecule has 0 aliphatic carbocycles. The molecule has 2 rings (SSSR count). The molecule has 0 atom stereocenters. The molecule has 2 nitrogen and oxygen atoms in total. The van der Waals surface area contributed by atoms with E-state index in [9.17, 15) is 0 Å². The van der Waals surface area contributed by atoms with Gasteiger partial charge in [-0.15, -0.1) is 0 Å². The third kappa shape index (κ3) is 3.33. The molecule has 0 bridgehead atoms. The van der Waals surface area contributed by atoms with Gasteiger partial charge in [-0.1, -0.05) is 56.6 Å². The Balaban J connectivity index is 2.36. The summed E-state index contributed by atoms with van der Waals surface area (Å²) < 4.78 is 5.96.